The molecule has 0 aliphatic heterocycles. The van der Waals surface area contributed by atoms with E-state index < -0.39 is 17.8 Å². The maximum atomic E-state index is 13.4. The molecule has 1 aromatic carbocycles. The molecule has 0 aromatic heterocycles. The summed E-state index contributed by atoms with van der Waals surface area (Å²) in [6.45, 7) is 5.44. The van der Waals surface area contributed by atoms with E-state index in [4.69, 9.17) is 11.6 Å². The predicted molar refractivity (Wildman–Crippen MR) is 73.9 cm³/mol. The van der Waals surface area contributed by atoms with E-state index >= 15 is 0 Å². The lowest BCUT2D eigenvalue weighted by molar-refractivity contribution is -0.142. The highest BCUT2D eigenvalue weighted by molar-refractivity contribution is 6.30. The van der Waals surface area contributed by atoms with Gasteiger partial charge in [-0.3, -0.25) is 4.79 Å². The molecule has 2 N–H and O–H groups in total. The van der Waals surface area contributed by atoms with E-state index in [0.717, 1.165) is 6.07 Å². The summed E-state index contributed by atoms with van der Waals surface area (Å²) >= 11 is 5.55. The highest BCUT2D eigenvalue weighted by Crippen LogP contribution is 2.21. The van der Waals surface area contributed by atoms with Crippen LogP contribution in [0.2, 0.25) is 5.02 Å². The van der Waals surface area contributed by atoms with Gasteiger partial charge in [0.15, 0.2) is 6.04 Å². The van der Waals surface area contributed by atoms with Crippen LogP contribution < -0.4 is 5.32 Å². The molecule has 0 heterocycles. The summed E-state index contributed by atoms with van der Waals surface area (Å²) in [5, 5.41) is 11.5. The normalized spacial score (nSPS) is 13.9. The standard InChI is InChI=1S/C14H17ClFNO3/c1-7(2)8(3)13(18)17-12(14(19)20)9-4-5-10(15)11(16)6-9/h4-8,12H,1-3H3,(H,17,18)(H,19,20). The summed E-state index contributed by atoms with van der Waals surface area (Å²) in [6.07, 6.45) is 0. The fourth-order valence-corrected chi connectivity index (χ4v) is 1.67. The molecule has 2 atom stereocenters. The molecule has 110 valence electrons. The third-order valence-electron chi connectivity index (χ3n) is 3.22. The van der Waals surface area contributed by atoms with E-state index in [1.165, 1.54) is 12.1 Å². The Kier molecular flexibility index (Phi) is 5.51. The number of carboxylic acid groups (broad SMARTS) is 1. The highest BCUT2D eigenvalue weighted by atomic mass is 35.5. The number of hydrogen-bond acceptors (Lipinski definition) is 2. The van der Waals surface area contributed by atoms with E-state index in [1.807, 2.05) is 13.8 Å². The summed E-state index contributed by atoms with van der Waals surface area (Å²) in [7, 11) is 0. The van der Waals surface area contributed by atoms with Crippen molar-refractivity contribution in [1.29, 1.82) is 0 Å². The van der Waals surface area contributed by atoms with Crippen molar-refractivity contribution in [1.82, 2.24) is 5.32 Å². The van der Waals surface area contributed by atoms with Crippen LogP contribution >= 0.6 is 11.6 Å². The van der Waals surface area contributed by atoms with Gasteiger partial charge in [-0.1, -0.05) is 38.4 Å². The van der Waals surface area contributed by atoms with Crippen LogP contribution in [-0.2, 0) is 9.59 Å². The highest BCUT2D eigenvalue weighted by Gasteiger charge is 2.26. The van der Waals surface area contributed by atoms with Gasteiger partial charge < -0.3 is 10.4 Å². The maximum Gasteiger partial charge on any atom is 0.330 e. The van der Waals surface area contributed by atoms with Gasteiger partial charge in [-0.15, -0.1) is 0 Å². The first kappa shape index (κ1) is 16.4. The molecule has 2 unspecified atom stereocenters. The van der Waals surface area contributed by atoms with E-state index in [0.29, 0.717) is 0 Å². The Bertz CT molecular complexity index is 519. The number of carbonyl (C=O) groups excluding carboxylic acids is 1. The van der Waals surface area contributed by atoms with E-state index in [2.05, 4.69) is 5.32 Å². The zero-order valence-electron chi connectivity index (χ0n) is 11.5. The fourth-order valence-electron chi connectivity index (χ4n) is 1.56. The molecule has 0 radical (unpaired) electrons. The van der Waals surface area contributed by atoms with Gasteiger partial charge in [0, 0.05) is 5.92 Å². The zero-order valence-corrected chi connectivity index (χ0v) is 12.2. The lowest BCUT2D eigenvalue weighted by Crippen LogP contribution is -2.38. The van der Waals surface area contributed by atoms with Gasteiger partial charge in [0.05, 0.1) is 5.02 Å². The first-order chi connectivity index (χ1) is 9.23. The van der Waals surface area contributed by atoms with Crippen molar-refractivity contribution >= 4 is 23.5 Å². The smallest absolute Gasteiger partial charge is 0.330 e. The number of benzene rings is 1. The second-order valence-electron chi connectivity index (χ2n) is 4.99. The van der Waals surface area contributed by atoms with Crippen molar-refractivity contribution in [2.45, 2.75) is 26.8 Å². The van der Waals surface area contributed by atoms with Crippen LogP contribution in [0.15, 0.2) is 18.2 Å². The predicted octanol–water partition coefficient (Wildman–Crippen LogP) is 3.01. The van der Waals surface area contributed by atoms with Crippen LogP contribution in [0.3, 0.4) is 0 Å². The number of aliphatic carboxylic acids is 1. The molecule has 1 rings (SSSR count). The molecule has 4 nitrogen and oxygen atoms in total. The molecular weight excluding hydrogens is 285 g/mol. The lowest BCUT2D eigenvalue weighted by Gasteiger charge is -2.20. The van der Waals surface area contributed by atoms with Crippen molar-refractivity contribution in [3.63, 3.8) is 0 Å². The Morgan fingerprint density at radius 2 is 1.90 bits per heavy atom. The SMILES string of the molecule is CC(C)C(C)C(=O)NC(C(=O)O)c1ccc(Cl)c(F)c1. The lowest BCUT2D eigenvalue weighted by atomic mass is 9.96. The Hall–Kier alpha value is -1.62. The van der Waals surface area contributed by atoms with Crippen molar-refractivity contribution in [3.05, 3.63) is 34.6 Å². The van der Waals surface area contributed by atoms with Gasteiger partial charge in [-0.2, -0.15) is 0 Å². The molecular formula is C14H17ClFNO3. The summed E-state index contributed by atoms with van der Waals surface area (Å²) in [6, 6.07) is 2.36. The van der Waals surface area contributed by atoms with Crippen molar-refractivity contribution < 1.29 is 19.1 Å². The van der Waals surface area contributed by atoms with Crippen LogP contribution in [-0.4, -0.2) is 17.0 Å². The van der Waals surface area contributed by atoms with Crippen LogP contribution in [0, 0.1) is 17.7 Å². The quantitative estimate of drug-likeness (QED) is 0.878. The minimum absolute atomic E-state index is 0.0754. The molecule has 0 spiro atoms. The Balaban J connectivity index is 2.98. The number of halogens is 2. The fraction of sp³-hybridized carbons (Fsp3) is 0.429. The molecule has 0 fully saturated rings. The first-order valence-corrected chi connectivity index (χ1v) is 6.60. The average molecular weight is 302 g/mol. The topological polar surface area (TPSA) is 66.4 Å². The van der Waals surface area contributed by atoms with E-state index in [1.54, 1.807) is 6.92 Å². The van der Waals surface area contributed by atoms with Crippen molar-refractivity contribution in [2.24, 2.45) is 11.8 Å². The first-order valence-electron chi connectivity index (χ1n) is 6.22. The number of hydrogen-bond donors (Lipinski definition) is 2. The summed E-state index contributed by atoms with van der Waals surface area (Å²) in [5.41, 5.74) is 0.142. The second kappa shape index (κ2) is 6.70. The molecule has 6 heteroatoms. The number of amides is 1. The third-order valence-corrected chi connectivity index (χ3v) is 3.53. The second-order valence-corrected chi connectivity index (χ2v) is 5.39. The number of rotatable bonds is 5. The summed E-state index contributed by atoms with van der Waals surface area (Å²) in [5.74, 6) is -2.62. The number of carbonyl (C=O) groups is 2. The minimum Gasteiger partial charge on any atom is -0.479 e. The van der Waals surface area contributed by atoms with E-state index in [9.17, 15) is 19.1 Å². The van der Waals surface area contributed by atoms with Gasteiger partial charge in [0.25, 0.3) is 0 Å². The van der Waals surface area contributed by atoms with Gasteiger partial charge in [0.1, 0.15) is 5.82 Å². The van der Waals surface area contributed by atoms with Crippen LogP contribution in [0.5, 0.6) is 0 Å². The molecule has 0 saturated heterocycles. The largest absolute Gasteiger partial charge is 0.479 e. The minimum atomic E-state index is -1.30. The zero-order chi connectivity index (χ0) is 15.4. The van der Waals surface area contributed by atoms with Gasteiger partial charge >= 0.3 is 5.97 Å². The molecule has 1 amide bonds. The maximum absolute atomic E-state index is 13.4. The summed E-state index contributed by atoms with van der Waals surface area (Å²) < 4.78 is 13.4. The molecule has 0 aliphatic rings. The van der Waals surface area contributed by atoms with Crippen molar-refractivity contribution in [3.8, 4) is 0 Å². The van der Waals surface area contributed by atoms with Crippen LogP contribution in [0.1, 0.15) is 32.4 Å². The Morgan fingerprint density at radius 1 is 1.30 bits per heavy atom. The molecule has 0 bridgehead atoms. The Labute approximate surface area is 121 Å². The van der Waals surface area contributed by atoms with Crippen LogP contribution in [0.4, 0.5) is 4.39 Å². The summed E-state index contributed by atoms with van der Waals surface area (Å²) in [4.78, 5) is 23.2. The third kappa shape index (κ3) is 3.93. The molecule has 20 heavy (non-hydrogen) atoms. The van der Waals surface area contributed by atoms with Gasteiger partial charge in [-0.25, -0.2) is 9.18 Å². The number of nitrogens with one attached hydrogen (secondary N) is 1. The van der Waals surface area contributed by atoms with Crippen LogP contribution in [0.25, 0.3) is 0 Å². The van der Waals surface area contributed by atoms with Gasteiger partial charge in [0.2, 0.25) is 5.91 Å². The van der Waals surface area contributed by atoms with Gasteiger partial charge in [-0.05, 0) is 23.6 Å². The molecule has 0 aliphatic carbocycles. The van der Waals surface area contributed by atoms with Crippen molar-refractivity contribution in [2.75, 3.05) is 0 Å². The average Bonchev–Trinajstić information content (AvgIpc) is 2.37. The molecule has 0 saturated carbocycles. The monoisotopic (exact) mass is 301 g/mol. The van der Waals surface area contributed by atoms with E-state index in [-0.39, 0.29) is 28.3 Å². The molecule has 1 aromatic rings. The number of carboxylic acids is 1. The Morgan fingerprint density at radius 3 is 2.35 bits per heavy atom.